The third-order valence-corrected chi connectivity index (χ3v) is 8.00. The maximum absolute atomic E-state index is 13.2. The van der Waals surface area contributed by atoms with E-state index in [1.54, 1.807) is 19.1 Å². The van der Waals surface area contributed by atoms with Gasteiger partial charge in [0.25, 0.3) is 11.8 Å². The van der Waals surface area contributed by atoms with Gasteiger partial charge >= 0.3 is 5.97 Å². The highest BCUT2D eigenvalue weighted by molar-refractivity contribution is 7.17. The number of thiophene rings is 1. The van der Waals surface area contributed by atoms with Crippen LogP contribution < -0.4 is 10.1 Å². The molecule has 37 heavy (non-hydrogen) atoms. The standard InChI is InChI=1S/C29H30N2O5S/c1-3-35-29(34)26-22-7-5-9-24(22)37-27(26)30-25(32)17-36-23-8-4-6-21-20(23)14-15-31(28(21)33)16-19-12-10-18(2)11-13-19/h4,6,8,10-13H,3,5,7,9,14-17H2,1-2H3,(H,30,32). The normalized spacial score (nSPS) is 14.2. The minimum atomic E-state index is -0.399. The van der Waals surface area contributed by atoms with E-state index < -0.39 is 5.97 Å². The molecule has 7 nitrogen and oxygen atoms in total. The van der Waals surface area contributed by atoms with Crippen LogP contribution in [0.4, 0.5) is 5.00 Å². The molecule has 0 radical (unpaired) electrons. The highest BCUT2D eigenvalue weighted by Crippen LogP contribution is 2.39. The second-order valence-corrected chi connectivity index (χ2v) is 10.5. The van der Waals surface area contributed by atoms with Crippen molar-refractivity contribution in [1.82, 2.24) is 4.90 Å². The molecule has 1 aliphatic carbocycles. The first-order valence-electron chi connectivity index (χ1n) is 12.7. The summed E-state index contributed by atoms with van der Waals surface area (Å²) in [5.74, 6) is -0.255. The maximum Gasteiger partial charge on any atom is 0.341 e. The van der Waals surface area contributed by atoms with Gasteiger partial charge in [-0.3, -0.25) is 9.59 Å². The zero-order valence-corrected chi connectivity index (χ0v) is 21.9. The fraction of sp³-hybridized carbons (Fsp3) is 0.345. The van der Waals surface area contributed by atoms with Crippen LogP contribution in [0.25, 0.3) is 0 Å². The quantitative estimate of drug-likeness (QED) is 0.427. The summed E-state index contributed by atoms with van der Waals surface area (Å²) in [7, 11) is 0. The molecule has 0 saturated carbocycles. The van der Waals surface area contributed by atoms with E-state index in [9.17, 15) is 14.4 Å². The molecule has 0 spiro atoms. The molecule has 0 atom stereocenters. The number of carbonyl (C=O) groups excluding carboxylic acids is 3. The summed E-state index contributed by atoms with van der Waals surface area (Å²) in [6, 6.07) is 13.6. The number of rotatable bonds is 8. The number of carbonyl (C=O) groups is 3. The third kappa shape index (κ3) is 5.25. The van der Waals surface area contributed by atoms with Crippen molar-refractivity contribution in [3.63, 3.8) is 0 Å². The topological polar surface area (TPSA) is 84.9 Å². The predicted molar refractivity (Wildman–Crippen MR) is 142 cm³/mol. The Kier molecular flexibility index (Phi) is 7.28. The van der Waals surface area contributed by atoms with E-state index in [1.165, 1.54) is 16.9 Å². The number of nitrogens with zero attached hydrogens (tertiary/aromatic N) is 1. The van der Waals surface area contributed by atoms with Crippen LogP contribution >= 0.6 is 11.3 Å². The van der Waals surface area contributed by atoms with Crippen LogP contribution in [0.1, 0.15) is 61.2 Å². The molecular formula is C29H30N2O5S. The Morgan fingerprint density at radius 1 is 1.05 bits per heavy atom. The molecule has 3 aromatic rings. The van der Waals surface area contributed by atoms with Crippen LogP contribution in [-0.4, -0.2) is 42.4 Å². The van der Waals surface area contributed by atoms with E-state index >= 15 is 0 Å². The molecule has 2 aliphatic rings. The van der Waals surface area contributed by atoms with Crippen LogP contribution in [0.5, 0.6) is 5.75 Å². The zero-order valence-electron chi connectivity index (χ0n) is 21.1. The summed E-state index contributed by atoms with van der Waals surface area (Å²) in [6.07, 6.45) is 3.38. The third-order valence-electron chi connectivity index (χ3n) is 6.79. The van der Waals surface area contributed by atoms with E-state index in [-0.39, 0.29) is 25.0 Å². The van der Waals surface area contributed by atoms with Gasteiger partial charge in [-0.15, -0.1) is 11.3 Å². The van der Waals surface area contributed by atoms with Crippen molar-refractivity contribution in [1.29, 1.82) is 0 Å². The number of ether oxygens (including phenoxy) is 2. The first kappa shape index (κ1) is 25.0. The minimum Gasteiger partial charge on any atom is -0.483 e. The number of amides is 2. The number of aryl methyl sites for hydroxylation is 2. The Balaban J connectivity index is 1.25. The van der Waals surface area contributed by atoms with Gasteiger partial charge in [0, 0.05) is 29.1 Å². The van der Waals surface area contributed by atoms with Gasteiger partial charge in [0.1, 0.15) is 10.8 Å². The van der Waals surface area contributed by atoms with Crippen LogP contribution in [0, 0.1) is 6.92 Å². The van der Waals surface area contributed by atoms with Crippen molar-refractivity contribution in [3.8, 4) is 5.75 Å². The van der Waals surface area contributed by atoms with Gasteiger partial charge < -0.3 is 19.7 Å². The molecule has 0 saturated heterocycles. The highest BCUT2D eigenvalue weighted by atomic mass is 32.1. The van der Waals surface area contributed by atoms with Gasteiger partial charge in [-0.2, -0.15) is 0 Å². The number of hydrogen-bond acceptors (Lipinski definition) is 6. The second kappa shape index (κ2) is 10.8. The molecule has 1 N–H and O–H groups in total. The smallest absolute Gasteiger partial charge is 0.341 e. The van der Waals surface area contributed by atoms with E-state index in [0.29, 0.717) is 41.4 Å². The molecule has 1 aliphatic heterocycles. The Morgan fingerprint density at radius 2 is 1.86 bits per heavy atom. The number of nitrogens with one attached hydrogen (secondary N) is 1. The zero-order chi connectivity index (χ0) is 25.9. The van der Waals surface area contributed by atoms with Gasteiger partial charge in [-0.05, 0) is 62.8 Å². The Labute approximate surface area is 220 Å². The lowest BCUT2D eigenvalue weighted by Crippen LogP contribution is -2.37. The van der Waals surface area contributed by atoms with Crippen molar-refractivity contribution in [2.75, 3.05) is 25.1 Å². The van der Waals surface area contributed by atoms with E-state index in [2.05, 4.69) is 5.32 Å². The van der Waals surface area contributed by atoms with Crippen LogP contribution in [0.15, 0.2) is 42.5 Å². The summed E-state index contributed by atoms with van der Waals surface area (Å²) >= 11 is 1.44. The number of benzene rings is 2. The predicted octanol–water partition coefficient (Wildman–Crippen LogP) is 4.94. The Bertz CT molecular complexity index is 1350. The molecule has 5 rings (SSSR count). The second-order valence-electron chi connectivity index (χ2n) is 9.36. The SMILES string of the molecule is CCOC(=O)c1c(NC(=O)COc2cccc3c2CCN(Cc2ccc(C)cc2)C3=O)sc2c1CCC2. The summed E-state index contributed by atoms with van der Waals surface area (Å²) in [4.78, 5) is 41.5. The van der Waals surface area contributed by atoms with Gasteiger partial charge in [0.2, 0.25) is 0 Å². The van der Waals surface area contributed by atoms with Crippen molar-refractivity contribution >= 4 is 34.1 Å². The van der Waals surface area contributed by atoms with Crippen molar-refractivity contribution < 1.29 is 23.9 Å². The molecule has 2 heterocycles. The average molecular weight is 519 g/mol. The number of fused-ring (bicyclic) bond motifs is 2. The molecule has 0 unspecified atom stereocenters. The average Bonchev–Trinajstić information content (AvgIpc) is 3.47. The summed E-state index contributed by atoms with van der Waals surface area (Å²) in [6.45, 7) is 5.00. The number of esters is 1. The Hall–Kier alpha value is -3.65. The largest absolute Gasteiger partial charge is 0.483 e. The molecule has 0 bridgehead atoms. The van der Waals surface area contributed by atoms with Crippen LogP contribution in [0.3, 0.4) is 0 Å². The fourth-order valence-corrected chi connectivity index (χ4v) is 6.25. The van der Waals surface area contributed by atoms with Gasteiger partial charge in [-0.25, -0.2) is 4.79 Å². The molecular weight excluding hydrogens is 488 g/mol. The molecule has 0 fully saturated rings. The van der Waals surface area contributed by atoms with E-state index in [0.717, 1.165) is 40.8 Å². The lowest BCUT2D eigenvalue weighted by molar-refractivity contribution is -0.118. The molecule has 2 amide bonds. The number of anilines is 1. The summed E-state index contributed by atoms with van der Waals surface area (Å²) in [5, 5.41) is 3.38. The first-order chi connectivity index (χ1) is 17.9. The minimum absolute atomic E-state index is 0.0381. The Morgan fingerprint density at radius 3 is 2.65 bits per heavy atom. The molecule has 192 valence electrons. The van der Waals surface area contributed by atoms with Gasteiger partial charge in [-0.1, -0.05) is 35.9 Å². The monoisotopic (exact) mass is 518 g/mol. The number of hydrogen-bond donors (Lipinski definition) is 1. The molecule has 8 heteroatoms. The van der Waals surface area contributed by atoms with Crippen LogP contribution in [-0.2, 0) is 35.3 Å². The van der Waals surface area contributed by atoms with Crippen molar-refractivity contribution in [2.45, 2.75) is 46.1 Å². The molecule has 2 aromatic carbocycles. The fourth-order valence-electron chi connectivity index (χ4n) is 4.96. The van der Waals surface area contributed by atoms with Gasteiger partial charge in [0.05, 0.1) is 12.2 Å². The lowest BCUT2D eigenvalue weighted by atomic mass is 9.97. The molecule has 1 aromatic heterocycles. The summed E-state index contributed by atoms with van der Waals surface area (Å²) in [5.41, 5.74) is 5.17. The van der Waals surface area contributed by atoms with E-state index in [4.69, 9.17) is 9.47 Å². The lowest BCUT2D eigenvalue weighted by Gasteiger charge is -2.29. The first-order valence-corrected chi connectivity index (χ1v) is 13.5. The summed E-state index contributed by atoms with van der Waals surface area (Å²) < 4.78 is 11.1. The van der Waals surface area contributed by atoms with Crippen molar-refractivity contribution in [3.05, 3.63) is 80.7 Å². The highest BCUT2D eigenvalue weighted by Gasteiger charge is 2.29. The van der Waals surface area contributed by atoms with E-state index in [1.807, 2.05) is 42.2 Å². The van der Waals surface area contributed by atoms with Crippen LogP contribution in [0.2, 0.25) is 0 Å². The maximum atomic E-state index is 13.2. The van der Waals surface area contributed by atoms with Gasteiger partial charge in [0.15, 0.2) is 6.61 Å². The van der Waals surface area contributed by atoms with Crippen molar-refractivity contribution in [2.24, 2.45) is 0 Å².